The second-order valence-electron chi connectivity index (χ2n) is 8.39. The SMILES string of the molecule is Cc1ccccc1NC(=O)Cc1nc(COC(=O)C2CCN(c3ccccc3[N+](=O)[O-])CC2)cs1. The molecule has 0 unspecified atom stereocenters. The maximum atomic E-state index is 12.6. The number of carbonyl (C=O) groups is 2. The van der Waals surface area contributed by atoms with Gasteiger partial charge in [0.25, 0.3) is 5.69 Å². The van der Waals surface area contributed by atoms with Crippen molar-refractivity contribution in [2.24, 2.45) is 5.92 Å². The number of nitrogens with one attached hydrogen (secondary N) is 1. The summed E-state index contributed by atoms with van der Waals surface area (Å²) in [5.74, 6) is -0.700. The van der Waals surface area contributed by atoms with Gasteiger partial charge < -0.3 is 15.0 Å². The first-order valence-corrected chi connectivity index (χ1v) is 12.2. The summed E-state index contributed by atoms with van der Waals surface area (Å²) in [5, 5.41) is 16.6. The summed E-state index contributed by atoms with van der Waals surface area (Å²) in [6.07, 6.45) is 1.27. The van der Waals surface area contributed by atoms with E-state index in [-0.39, 0.29) is 41.4 Å². The Bertz CT molecular complexity index is 1220. The molecule has 1 amide bonds. The monoisotopic (exact) mass is 494 g/mol. The van der Waals surface area contributed by atoms with Crippen LogP contribution in [0.5, 0.6) is 0 Å². The number of ether oxygens (including phenoxy) is 1. The van der Waals surface area contributed by atoms with Crippen LogP contribution in [0.15, 0.2) is 53.9 Å². The molecule has 35 heavy (non-hydrogen) atoms. The Morgan fingerprint density at radius 1 is 1.17 bits per heavy atom. The van der Waals surface area contributed by atoms with Gasteiger partial charge in [-0.15, -0.1) is 11.3 Å². The van der Waals surface area contributed by atoms with Gasteiger partial charge in [-0.2, -0.15) is 0 Å². The predicted octanol–water partition coefficient (Wildman–Crippen LogP) is 4.50. The van der Waals surface area contributed by atoms with E-state index in [9.17, 15) is 19.7 Å². The number of nitrogens with zero attached hydrogens (tertiary/aromatic N) is 3. The van der Waals surface area contributed by atoms with Gasteiger partial charge in [0.05, 0.1) is 23.0 Å². The first kappa shape index (κ1) is 24.3. The second kappa shape index (κ2) is 11.1. The topological polar surface area (TPSA) is 115 Å². The third-order valence-electron chi connectivity index (χ3n) is 5.94. The molecular weight excluding hydrogens is 468 g/mol. The number of para-hydroxylation sites is 3. The smallest absolute Gasteiger partial charge is 0.309 e. The van der Waals surface area contributed by atoms with Crippen LogP contribution < -0.4 is 10.2 Å². The van der Waals surface area contributed by atoms with Gasteiger partial charge in [0.2, 0.25) is 5.91 Å². The van der Waals surface area contributed by atoms with Gasteiger partial charge in [0, 0.05) is 30.2 Å². The largest absolute Gasteiger partial charge is 0.459 e. The first-order chi connectivity index (χ1) is 16.9. The number of piperidine rings is 1. The average molecular weight is 495 g/mol. The molecule has 1 aliphatic rings. The maximum Gasteiger partial charge on any atom is 0.309 e. The van der Waals surface area contributed by atoms with Crippen LogP contribution in [-0.2, 0) is 27.4 Å². The number of rotatable bonds is 8. The Balaban J connectivity index is 1.24. The van der Waals surface area contributed by atoms with Gasteiger partial charge in [0.15, 0.2) is 0 Å². The lowest BCUT2D eigenvalue weighted by Gasteiger charge is -2.32. The number of benzene rings is 2. The van der Waals surface area contributed by atoms with E-state index in [2.05, 4.69) is 10.3 Å². The van der Waals surface area contributed by atoms with Crippen LogP contribution >= 0.6 is 11.3 Å². The van der Waals surface area contributed by atoms with Crippen LogP contribution in [0.3, 0.4) is 0 Å². The molecule has 0 spiro atoms. The van der Waals surface area contributed by atoms with Crippen molar-refractivity contribution in [2.45, 2.75) is 32.8 Å². The second-order valence-corrected chi connectivity index (χ2v) is 9.33. The van der Waals surface area contributed by atoms with E-state index >= 15 is 0 Å². The molecular formula is C25H26N4O5S. The van der Waals surface area contributed by atoms with Crippen LogP contribution in [-0.4, -0.2) is 34.9 Å². The quantitative estimate of drug-likeness (QED) is 0.278. The van der Waals surface area contributed by atoms with E-state index < -0.39 is 0 Å². The average Bonchev–Trinajstić information content (AvgIpc) is 3.31. The van der Waals surface area contributed by atoms with Crippen LogP contribution in [0, 0.1) is 23.0 Å². The number of anilines is 2. The van der Waals surface area contributed by atoms with E-state index in [1.807, 2.05) is 36.1 Å². The summed E-state index contributed by atoms with van der Waals surface area (Å²) >= 11 is 1.36. The number of thiazole rings is 1. The molecule has 1 fully saturated rings. The Kier molecular flexibility index (Phi) is 7.71. The lowest BCUT2D eigenvalue weighted by Crippen LogP contribution is -2.37. The molecule has 2 heterocycles. The minimum Gasteiger partial charge on any atom is -0.459 e. The minimum absolute atomic E-state index is 0.0547. The normalized spacial score (nSPS) is 13.9. The van der Waals surface area contributed by atoms with Gasteiger partial charge in [-0.1, -0.05) is 30.3 Å². The molecule has 10 heteroatoms. The fourth-order valence-electron chi connectivity index (χ4n) is 4.05. The molecule has 182 valence electrons. The molecule has 1 saturated heterocycles. The molecule has 2 aromatic carbocycles. The summed E-state index contributed by atoms with van der Waals surface area (Å²) in [6.45, 7) is 3.07. The maximum absolute atomic E-state index is 12.6. The fraction of sp³-hybridized carbons (Fsp3) is 0.320. The highest BCUT2D eigenvalue weighted by Crippen LogP contribution is 2.31. The molecule has 0 saturated carbocycles. The molecule has 1 N–H and O–H groups in total. The number of nitro benzene ring substituents is 1. The van der Waals surface area contributed by atoms with Gasteiger partial charge in [-0.3, -0.25) is 19.7 Å². The highest BCUT2D eigenvalue weighted by Gasteiger charge is 2.29. The highest BCUT2D eigenvalue weighted by molar-refractivity contribution is 7.09. The lowest BCUT2D eigenvalue weighted by atomic mass is 9.96. The lowest BCUT2D eigenvalue weighted by molar-refractivity contribution is -0.384. The number of carbonyl (C=O) groups excluding carboxylic acids is 2. The molecule has 9 nitrogen and oxygen atoms in total. The number of aryl methyl sites for hydroxylation is 1. The van der Waals surface area contributed by atoms with Gasteiger partial charge >= 0.3 is 5.97 Å². The Labute approximate surface area is 206 Å². The summed E-state index contributed by atoms with van der Waals surface area (Å²) in [6, 6.07) is 14.2. The molecule has 0 atom stereocenters. The van der Waals surface area contributed by atoms with Crippen molar-refractivity contribution in [1.29, 1.82) is 0 Å². The molecule has 0 radical (unpaired) electrons. The van der Waals surface area contributed by atoms with Crippen molar-refractivity contribution >= 4 is 40.3 Å². The van der Waals surface area contributed by atoms with Crippen molar-refractivity contribution in [2.75, 3.05) is 23.3 Å². The van der Waals surface area contributed by atoms with Gasteiger partial charge in [-0.25, -0.2) is 4.98 Å². The van der Waals surface area contributed by atoms with E-state index in [4.69, 9.17) is 4.74 Å². The number of aromatic nitrogens is 1. The summed E-state index contributed by atoms with van der Waals surface area (Å²) in [5.41, 5.74) is 3.02. The number of hydrogen-bond donors (Lipinski definition) is 1. The zero-order chi connectivity index (χ0) is 24.8. The minimum atomic E-state index is -0.385. The zero-order valence-corrected chi connectivity index (χ0v) is 20.1. The summed E-state index contributed by atoms with van der Waals surface area (Å²) in [7, 11) is 0. The van der Waals surface area contributed by atoms with Crippen molar-refractivity contribution < 1.29 is 19.2 Å². The Hall–Kier alpha value is -3.79. The molecule has 0 bridgehead atoms. The Morgan fingerprint density at radius 2 is 1.89 bits per heavy atom. The van der Waals surface area contributed by atoms with Crippen molar-refractivity contribution in [3.63, 3.8) is 0 Å². The molecule has 1 aliphatic heterocycles. The zero-order valence-electron chi connectivity index (χ0n) is 19.3. The fourth-order valence-corrected chi connectivity index (χ4v) is 4.82. The number of hydrogen-bond acceptors (Lipinski definition) is 8. The van der Waals surface area contributed by atoms with Gasteiger partial charge in [0.1, 0.15) is 17.3 Å². The van der Waals surface area contributed by atoms with Crippen molar-refractivity contribution in [3.05, 3.63) is 80.3 Å². The van der Waals surface area contributed by atoms with Crippen molar-refractivity contribution in [1.82, 2.24) is 4.98 Å². The number of nitro groups is 1. The predicted molar refractivity (Wildman–Crippen MR) is 133 cm³/mol. The van der Waals surface area contributed by atoms with Crippen LogP contribution in [0.4, 0.5) is 17.1 Å². The molecule has 1 aromatic heterocycles. The van der Waals surface area contributed by atoms with E-state index in [0.29, 0.717) is 42.3 Å². The van der Waals surface area contributed by atoms with Crippen LogP contribution in [0.25, 0.3) is 0 Å². The molecule has 3 aromatic rings. The van der Waals surface area contributed by atoms with Crippen LogP contribution in [0.1, 0.15) is 29.1 Å². The van der Waals surface area contributed by atoms with E-state index in [1.54, 1.807) is 23.6 Å². The van der Waals surface area contributed by atoms with E-state index in [0.717, 1.165) is 11.3 Å². The standard InChI is InChI=1S/C25H26N4O5S/c1-17-6-2-3-7-20(17)27-23(30)14-24-26-19(16-35-24)15-34-25(31)18-10-12-28(13-11-18)21-8-4-5-9-22(21)29(32)33/h2-9,16,18H,10-15H2,1H3,(H,27,30). The summed E-state index contributed by atoms with van der Waals surface area (Å²) in [4.78, 5) is 42.2. The number of esters is 1. The van der Waals surface area contributed by atoms with Crippen molar-refractivity contribution in [3.8, 4) is 0 Å². The van der Waals surface area contributed by atoms with Gasteiger partial charge in [-0.05, 0) is 37.5 Å². The highest BCUT2D eigenvalue weighted by atomic mass is 32.1. The molecule has 0 aliphatic carbocycles. The molecule has 4 rings (SSSR count). The Morgan fingerprint density at radius 3 is 2.63 bits per heavy atom. The first-order valence-electron chi connectivity index (χ1n) is 11.3. The van der Waals surface area contributed by atoms with E-state index in [1.165, 1.54) is 17.4 Å². The third kappa shape index (κ3) is 6.21. The summed E-state index contributed by atoms with van der Waals surface area (Å²) < 4.78 is 5.48. The number of amides is 1. The van der Waals surface area contributed by atoms with Crippen LogP contribution in [0.2, 0.25) is 0 Å². The third-order valence-corrected chi connectivity index (χ3v) is 6.84.